The number of anilines is 1. The molecule has 6 heteroatoms. The summed E-state index contributed by atoms with van der Waals surface area (Å²) in [5.41, 5.74) is 7.92. The van der Waals surface area contributed by atoms with E-state index in [1.165, 1.54) is 0 Å². The summed E-state index contributed by atoms with van der Waals surface area (Å²) in [5.74, 6) is 1.90. The zero-order chi connectivity index (χ0) is 18.2. The first-order valence-electron chi connectivity index (χ1n) is 8.06. The topological polar surface area (TPSA) is 72.1 Å². The third kappa shape index (κ3) is 4.87. The van der Waals surface area contributed by atoms with Gasteiger partial charge in [-0.15, -0.1) is 0 Å². The van der Waals surface area contributed by atoms with Gasteiger partial charge in [0.05, 0.1) is 32.5 Å². The lowest BCUT2D eigenvalue weighted by Gasteiger charge is -2.25. The second-order valence-electron chi connectivity index (χ2n) is 5.77. The molecule has 2 rings (SSSR count). The van der Waals surface area contributed by atoms with Crippen molar-refractivity contribution < 1.29 is 9.47 Å². The van der Waals surface area contributed by atoms with Crippen LogP contribution in [0.4, 0.5) is 5.69 Å². The molecule has 25 heavy (non-hydrogen) atoms. The maximum Gasteiger partial charge on any atom is 0.193 e. The number of hydrogen-bond donors (Lipinski definition) is 2. The van der Waals surface area contributed by atoms with Gasteiger partial charge in [-0.05, 0) is 32.3 Å². The molecule has 0 radical (unpaired) electrons. The highest BCUT2D eigenvalue weighted by Gasteiger charge is 2.18. The first kappa shape index (κ1) is 18.6. The van der Waals surface area contributed by atoms with E-state index in [2.05, 4.69) is 15.2 Å². The van der Waals surface area contributed by atoms with Gasteiger partial charge in [-0.25, -0.2) is 0 Å². The van der Waals surface area contributed by atoms with Crippen molar-refractivity contribution in [3.05, 3.63) is 54.1 Å². The maximum absolute atomic E-state index is 6.06. The molecule has 1 unspecified atom stereocenters. The zero-order valence-corrected chi connectivity index (χ0v) is 15.2. The molecule has 1 atom stereocenters. The zero-order valence-electron chi connectivity index (χ0n) is 15.2. The van der Waals surface area contributed by atoms with Gasteiger partial charge in [0.25, 0.3) is 0 Å². The highest BCUT2D eigenvalue weighted by Crippen LogP contribution is 2.28. The fraction of sp³-hybridized carbons (Fsp3) is 0.316. The summed E-state index contributed by atoms with van der Waals surface area (Å²) in [4.78, 5) is 6.59. The van der Waals surface area contributed by atoms with Gasteiger partial charge in [-0.2, -0.15) is 0 Å². The van der Waals surface area contributed by atoms with E-state index in [-0.39, 0.29) is 6.04 Å². The van der Waals surface area contributed by atoms with Crippen molar-refractivity contribution in [1.29, 1.82) is 0 Å². The van der Waals surface area contributed by atoms with Crippen LogP contribution in [-0.2, 0) is 0 Å². The molecule has 3 N–H and O–H groups in total. The minimum absolute atomic E-state index is 0.0502. The number of rotatable bonds is 7. The van der Waals surface area contributed by atoms with Gasteiger partial charge in [0.15, 0.2) is 5.96 Å². The Morgan fingerprint density at radius 3 is 2.28 bits per heavy atom. The minimum Gasteiger partial charge on any atom is -0.496 e. The van der Waals surface area contributed by atoms with Crippen molar-refractivity contribution in [2.45, 2.75) is 6.04 Å². The van der Waals surface area contributed by atoms with Gasteiger partial charge in [-0.3, -0.25) is 4.99 Å². The van der Waals surface area contributed by atoms with Crippen LogP contribution in [-0.4, -0.2) is 45.7 Å². The summed E-state index contributed by atoms with van der Waals surface area (Å²) < 4.78 is 10.8. The first-order chi connectivity index (χ1) is 12.1. The van der Waals surface area contributed by atoms with E-state index in [9.17, 15) is 0 Å². The molecule has 0 saturated carbocycles. The Kier molecular flexibility index (Phi) is 6.65. The van der Waals surface area contributed by atoms with Crippen LogP contribution in [0, 0.1) is 0 Å². The fourth-order valence-electron chi connectivity index (χ4n) is 2.59. The monoisotopic (exact) mass is 342 g/mol. The fourth-order valence-corrected chi connectivity index (χ4v) is 2.59. The summed E-state index contributed by atoms with van der Waals surface area (Å²) in [7, 11) is 7.32. The Hall–Kier alpha value is -2.73. The summed E-state index contributed by atoms with van der Waals surface area (Å²) in [6.07, 6.45) is 0. The van der Waals surface area contributed by atoms with Crippen molar-refractivity contribution in [2.75, 3.05) is 40.2 Å². The van der Waals surface area contributed by atoms with Crippen LogP contribution < -0.4 is 20.5 Å². The summed E-state index contributed by atoms with van der Waals surface area (Å²) in [6, 6.07) is 15.6. The standard InChI is InChI=1S/C19H26N4O2/c1-23(2)16(14-9-5-7-11-17(14)24-3)13-21-19(20)22-15-10-6-8-12-18(15)25-4/h5-12,16H,13H2,1-4H3,(H3,20,21,22). The molecule has 0 aromatic heterocycles. The average molecular weight is 342 g/mol. The number of aliphatic imine (C=N–C) groups is 1. The predicted molar refractivity (Wildman–Crippen MR) is 103 cm³/mol. The van der Waals surface area contributed by atoms with Gasteiger partial charge < -0.3 is 25.4 Å². The number of guanidine groups is 1. The van der Waals surface area contributed by atoms with E-state index in [0.29, 0.717) is 12.5 Å². The van der Waals surface area contributed by atoms with Gasteiger partial charge in [0.1, 0.15) is 11.5 Å². The molecule has 134 valence electrons. The Morgan fingerprint density at radius 1 is 1.04 bits per heavy atom. The molecule has 0 amide bonds. The molecule has 0 saturated heterocycles. The lowest BCUT2D eigenvalue weighted by atomic mass is 10.0. The van der Waals surface area contributed by atoms with Crippen LogP contribution in [0.25, 0.3) is 0 Å². The Morgan fingerprint density at radius 2 is 1.64 bits per heavy atom. The molecule has 0 heterocycles. The third-order valence-corrected chi connectivity index (χ3v) is 3.93. The summed E-state index contributed by atoms with van der Waals surface area (Å²) in [5, 5.41) is 3.09. The van der Waals surface area contributed by atoms with Gasteiger partial charge in [0, 0.05) is 5.56 Å². The van der Waals surface area contributed by atoms with E-state index < -0.39 is 0 Å². The van der Waals surface area contributed by atoms with Crippen LogP contribution in [0.3, 0.4) is 0 Å². The van der Waals surface area contributed by atoms with Crippen molar-refractivity contribution in [3.63, 3.8) is 0 Å². The average Bonchev–Trinajstić information content (AvgIpc) is 2.62. The SMILES string of the molecule is COc1ccccc1NC(N)=NCC(c1ccccc1OC)N(C)C. The molecule has 6 nitrogen and oxygen atoms in total. The molecule has 2 aromatic rings. The molecular formula is C19H26N4O2. The molecule has 0 fully saturated rings. The Balaban J connectivity index is 2.16. The lowest BCUT2D eigenvalue weighted by molar-refractivity contribution is 0.295. The van der Waals surface area contributed by atoms with Crippen LogP contribution in [0.15, 0.2) is 53.5 Å². The number of methoxy groups -OCH3 is 2. The summed E-state index contributed by atoms with van der Waals surface area (Å²) in [6.45, 7) is 0.501. The van der Waals surface area contributed by atoms with Crippen LogP contribution in [0.1, 0.15) is 11.6 Å². The van der Waals surface area contributed by atoms with Gasteiger partial charge >= 0.3 is 0 Å². The molecule has 0 aliphatic carbocycles. The lowest BCUT2D eigenvalue weighted by Crippen LogP contribution is -2.27. The second kappa shape index (κ2) is 8.94. The van der Waals surface area contributed by atoms with Crippen molar-refractivity contribution in [2.24, 2.45) is 10.7 Å². The molecule has 0 aliphatic heterocycles. The Labute approximate surface area is 149 Å². The molecule has 0 bridgehead atoms. The van der Waals surface area contributed by atoms with E-state index in [0.717, 1.165) is 22.7 Å². The van der Waals surface area contributed by atoms with Crippen LogP contribution in [0.5, 0.6) is 11.5 Å². The molecule has 0 aliphatic rings. The predicted octanol–water partition coefficient (Wildman–Crippen LogP) is 2.73. The van der Waals surface area contributed by atoms with Gasteiger partial charge in [0.2, 0.25) is 0 Å². The van der Waals surface area contributed by atoms with E-state index in [1.54, 1.807) is 14.2 Å². The molecular weight excluding hydrogens is 316 g/mol. The number of ether oxygens (including phenoxy) is 2. The molecule has 0 spiro atoms. The largest absolute Gasteiger partial charge is 0.496 e. The molecule has 2 aromatic carbocycles. The number of nitrogens with zero attached hydrogens (tertiary/aromatic N) is 2. The second-order valence-corrected chi connectivity index (χ2v) is 5.77. The van der Waals surface area contributed by atoms with E-state index in [4.69, 9.17) is 15.2 Å². The third-order valence-electron chi connectivity index (χ3n) is 3.93. The maximum atomic E-state index is 6.06. The van der Waals surface area contributed by atoms with Crippen LogP contribution >= 0.6 is 0 Å². The first-order valence-corrected chi connectivity index (χ1v) is 8.06. The number of hydrogen-bond acceptors (Lipinski definition) is 4. The quantitative estimate of drug-likeness (QED) is 0.598. The Bertz CT molecular complexity index is 716. The van der Waals surface area contributed by atoms with Crippen LogP contribution in [0.2, 0.25) is 0 Å². The van der Waals surface area contributed by atoms with Crippen molar-refractivity contribution >= 4 is 11.6 Å². The number of nitrogens with two attached hydrogens (primary N) is 1. The van der Waals surface area contributed by atoms with Gasteiger partial charge in [-0.1, -0.05) is 30.3 Å². The minimum atomic E-state index is 0.0502. The number of nitrogens with one attached hydrogen (secondary N) is 1. The number of benzene rings is 2. The number of likely N-dealkylation sites (N-methyl/N-ethyl adjacent to an activating group) is 1. The summed E-state index contributed by atoms with van der Waals surface area (Å²) >= 11 is 0. The van der Waals surface area contributed by atoms with Crippen molar-refractivity contribution in [3.8, 4) is 11.5 Å². The normalized spacial score (nSPS) is 12.8. The highest BCUT2D eigenvalue weighted by molar-refractivity contribution is 5.93. The number of para-hydroxylation sites is 3. The van der Waals surface area contributed by atoms with Crippen molar-refractivity contribution in [1.82, 2.24) is 4.90 Å². The van der Waals surface area contributed by atoms with E-state index >= 15 is 0 Å². The van der Waals surface area contributed by atoms with E-state index in [1.807, 2.05) is 62.6 Å². The smallest absolute Gasteiger partial charge is 0.193 e. The highest BCUT2D eigenvalue weighted by atomic mass is 16.5.